The third-order valence-corrected chi connectivity index (χ3v) is 5.09. The molecule has 0 heterocycles. The van der Waals surface area contributed by atoms with Gasteiger partial charge in [-0.1, -0.05) is 66.2 Å². The van der Waals surface area contributed by atoms with E-state index in [0.717, 1.165) is 16.7 Å². The molecule has 0 aliphatic heterocycles. The molecule has 0 radical (unpaired) electrons. The monoisotopic (exact) mass is 424 g/mol. The van der Waals surface area contributed by atoms with Crippen LogP contribution in [0.5, 0.6) is 0 Å². The zero-order chi connectivity index (χ0) is 20.8. The van der Waals surface area contributed by atoms with Crippen LogP contribution < -0.4 is 10.6 Å². The largest absolute Gasteiger partial charge is 0.465 e. The van der Waals surface area contributed by atoms with Gasteiger partial charge in [-0.2, -0.15) is 0 Å². The molecule has 0 bridgehead atoms. The number of esters is 1. The fraction of sp³-hybridized carbons (Fsp3) is 0.130. The molecule has 3 aromatic carbocycles. The molecule has 2 N–H and O–H groups in total. The van der Waals surface area contributed by atoms with Crippen molar-refractivity contribution in [3.63, 3.8) is 0 Å². The van der Waals surface area contributed by atoms with Crippen molar-refractivity contribution in [1.29, 1.82) is 0 Å². The van der Waals surface area contributed by atoms with E-state index >= 15 is 0 Å². The molecule has 0 unspecified atom stereocenters. The molecular weight excluding hydrogens is 404 g/mol. The highest BCUT2D eigenvalue weighted by molar-refractivity contribution is 7.80. The second-order valence-corrected chi connectivity index (χ2v) is 7.30. The van der Waals surface area contributed by atoms with Crippen LogP contribution in [0.4, 0.5) is 5.69 Å². The van der Waals surface area contributed by atoms with Crippen molar-refractivity contribution in [2.24, 2.45) is 0 Å². The van der Waals surface area contributed by atoms with E-state index in [-0.39, 0.29) is 6.04 Å². The first-order valence-electron chi connectivity index (χ1n) is 9.05. The Labute approximate surface area is 180 Å². The fourth-order valence-electron chi connectivity index (χ4n) is 3.05. The zero-order valence-corrected chi connectivity index (χ0v) is 17.7. The standard InChI is InChI=1S/C23H21ClN2O2S/c1-15-8-6-7-11-18(15)21(16-9-4-3-5-10-16)26-23(29)25-20-14-17(22(27)28-2)12-13-19(20)24/h3-14,21H,1-2H3,(H2,25,26,29)/t21-/m1/s1. The van der Waals surface area contributed by atoms with Gasteiger partial charge >= 0.3 is 5.97 Å². The predicted octanol–water partition coefficient (Wildman–Crippen LogP) is 5.51. The van der Waals surface area contributed by atoms with E-state index in [9.17, 15) is 4.79 Å². The van der Waals surface area contributed by atoms with Crippen molar-refractivity contribution < 1.29 is 9.53 Å². The lowest BCUT2D eigenvalue weighted by atomic mass is 9.95. The number of anilines is 1. The van der Waals surface area contributed by atoms with Crippen molar-refractivity contribution in [2.75, 3.05) is 12.4 Å². The second-order valence-electron chi connectivity index (χ2n) is 6.48. The Morgan fingerprint density at radius 2 is 1.72 bits per heavy atom. The third-order valence-electron chi connectivity index (χ3n) is 4.54. The van der Waals surface area contributed by atoms with Crippen LogP contribution in [0.15, 0.2) is 72.8 Å². The van der Waals surface area contributed by atoms with Gasteiger partial charge in [0, 0.05) is 0 Å². The number of thiocarbonyl (C=S) groups is 1. The van der Waals surface area contributed by atoms with Gasteiger partial charge in [0.2, 0.25) is 0 Å². The molecule has 0 spiro atoms. The third kappa shape index (κ3) is 5.13. The summed E-state index contributed by atoms with van der Waals surface area (Å²) >= 11 is 11.8. The van der Waals surface area contributed by atoms with Crippen molar-refractivity contribution >= 4 is 40.6 Å². The smallest absolute Gasteiger partial charge is 0.337 e. The van der Waals surface area contributed by atoms with Crippen LogP contribution in [0.25, 0.3) is 0 Å². The second kappa shape index (κ2) is 9.54. The Kier molecular flexibility index (Phi) is 6.86. The minimum Gasteiger partial charge on any atom is -0.465 e. The Morgan fingerprint density at radius 3 is 2.41 bits per heavy atom. The van der Waals surface area contributed by atoms with Crippen molar-refractivity contribution in [2.45, 2.75) is 13.0 Å². The van der Waals surface area contributed by atoms with Crippen LogP contribution in [-0.4, -0.2) is 18.2 Å². The predicted molar refractivity (Wildman–Crippen MR) is 122 cm³/mol. The first kappa shape index (κ1) is 20.8. The molecule has 0 aromatic heterocycles. The average Bonchev–Trinajstić information content (AvgIpc) is 2.74. The first-order valence-corrected chi connectivity index (χ1v) is 9.84. The van der Waals surface area contributed by atoms with Gasteiger partial charge in [-0.3, -0.25) is 0 Å². The molecular formula is C23H21ClN2O2S. The van der Waals surface area contributed by atoms with Crippen molar-refractivity contribution in [3.05, 3.63) is 100 Å². The highest BCUT2D eigenvalue weighted by Crippen LogP contribution is 2.27. The van der Waals surface area contributed by atoms with E-state index in [1.165, 1.54) is 7.11 Å². The molecule has 3 aromatic rings. The molecule has 148 valence electrons. The summed E-state index contributed by atoms with van der Waals surface area (Å²) < 4.78 is 4.77. The molecule has 6 heteroatoms. The molecule has 0 saturated carbocycles. The summed E-state index contributed by atoms with van der Waals surface area (Å²) in [6.45, 7) is 2.07. The molecule has 4 nitrogen and oxygen atoms in total. The molecule has 0 aliphatic carbocycles. The summed E-state index contributed by atoms with van der Waals surface area (Å²) in [7, 11) is 1.34. The molecule has 0 fully saturated rings. The van der Waals surface area contributed by atoms with Gasteiger partial charge in [-0.25, -0.2) is 4.79 Å². The van der Waals surface area contributed by atoms with Gasteiger partial charge in [0.05, 0.1) is 29.4 Å². The number of rotatable bonds is 5. The molecule has 29 heavy (non-hydrogen) atoms. The van der Waals surface area contributed by atoms with E-state index < -0.39 is 5.97 Å². The number of nitrogens with one attached hydrogen (secondary N) is 2. The lowest BCUT2D eigenvalue weighted by molar-refractivity contribution is 0.0601. The number of methoxy groups -OCH3 is 1. The Morgan fingerprint density at radius 1 is 1.03 bits per heavy atom. The minimum absolute atomic E-state index is 0.139. The number of halogens is 1. The summed E-state index contributed by atoms with van der Waals surface area (Å²) in [6.07, 6.45) is 0. The molecule has 0 aliphatic rings. The topological polar surface area (TPSA) is 50.4 Å². The SMILES string of the molecule is COC(=O)c1ccc(Cl)c(NC(=S)N[C@H](c2ccccc2)c2ccccc2C)c1. The van der Waals surface area contributed by atoms with Crippen LogP contribution in [0, 0.1) is 6.92 Å². The summed E-state index contributed by atoms with van der Waals surface area (Å²) in [6, 6.07) is 23.0. The molecule has 0 saturated heterocycles. The van der Waals surface area contributed by atoms with Gasteiger partial charge < -0.3 is 15.4 Å². The zero-order valence-electron chi connectivity index (χ0n) is 16.1. The Bertz CT molecular complexity index is 1020. The molecule has 3 rings (SSSR count). The average molecular weight is 425 g/mol. The Balaban J connectivity index is 1.87. The summed E-state index contributed by atoms with van der Waals surface area (Å²) in [5.41, 5.74) is 4.28. The normalized spacial score (nSPS) is 11.4. The van der Waals surface area contributed by atoms with Gasteiger partial charge in [-0.15, -0.1) is 0 Å². The number of carbonyl (C=O) groups excluding carboxylic acids is 1. The van der Waals surface area contributed by atoms with Gasteiger partial charge in [0.25, 0.3) is 0 Å². The van der Waals surface area contributed by atoms with E-state index in [4.69, 9.17) is 28.6 Å². The highest BCUT2D eigenvalue weighted by atomic mass is 35.5. The maximum atomic E-state index is 11.8. The maximum Gasteiger partial charge on any atom is 0.337 e. The van der Waals surface area contributed by atoms with E-state index in [2.05, 4.69) is 41.8 Å². The van der Waals surface area contributed by atoms with E-state index in [1.54, 1.807) is 18.2 Å². The summed E-state index contributed by atoms with van der Waals surface area (Å²) in [5.74, 6) is -0.439. The van der Waals surface area contributed by atoms with Gasteiger partial charge in [0.1, 0.15) is 0 Å². The number of hydrogen-bond donors (Lipinski definition) is 2. The van der Waals surface area contributed by atoms with E-state index in [1.807, 2.05) is 30.3 Å². The number of carbonyl (C=O) groups is 1. The number of ether oxygens (including phenoxy) is 1. The van der Waals surface area contributed by atoms with Gasteiger partial charge in [-0.05, 0) is 54.0 Å². The fourth-order valence-corrected chi connectivity index (χ4v) is 3.44. The van der Waals surface area contributed by atoms with E-state index in [0.29, 0.717) is 21.4 Å². The van der Waals surface area contributed by atoms with Crippen molar-refractivity contribution in [1.82, 2.24) is 5.32 Å². The number of hydrogen-bond acceptors (Lipinski definition) is 3. The van der Waals surface area contributed by atoms with Crippen LogP contribution in [-0.2, 0) is 4.74 Å². The lowest BCUT2D eigenvalue weighted by Crippen LogP contribution is -2.33. The van der Waals surface area contributed by atoms with Gasteiger partial charge in [0.15, 0.2) is 5.11 Å². The molecule has 1 atom stereocenters. The van der Waals surface area contributed by atoms with Crippen LogP contribution >= 0.6 is 23.8 Å². The highest BCUT2D eigenvalue weighted by Gasteiger charge is 2.18. The first-order chi connectivity index (χ1) is 14.0. The number of aryl methyl sites for hydroxylation is 1. The number of benzene rings is 3. The quantitative estimate of drug-likeness (QED) is 0.417. The lowest BCUT2D eigenvalue weighted by Gasteiger charge is -2.24. The Hall–Kier alpha value is -2.89. The molecule has 0 amide bonds. The summed E-state index contributed by atoms with van der Waals surface area (Å²) in [5, 5.41) is 7.32. The van der Waals surface area contributed by atoms with Crippen LogP contribution in [0.2, 0.25) is 5.02 Å². The maximum absolute atomic E-state index is 11.8. The van der Waals surface area contributed by atoms with Crippen molar-refractivity contribution in [3.8, 4) is 0 Å². The van der Waals surface area contributed by atoms with Crippen LogP contribution in [0.1, 0.15) is 33.1 Å². The summed E-state index contributed by atoms with van der Waals surface area (Å²) in [4.78, 5) is 11.8. The minimum atomic E-state index is -0.439. The van der Waals surface area contributed by atoms with Crippen LogP contribution in [0.3, 0.4) is 0 Å².